The van der Waals surface area contributed by atoms with Gasteiger partial charge in [-0.15, -0.1) is 16.4 Å². The molecule has 0 spiro atoms. The van der Waals surface area contributed by atoms with Gasteiger partial charge in [0.25, 0.3) is 0 Å². The van der Waals surface area contributed by atoms with Gasteiger partial charge in [-0.05, 0) is 35.2 Å². The van der Waals surface area contributed by atoms with Crippen LogP contribution in [-0.2, 0) is 16.8 Å². The number of carboxylic acid groups (broad SMARTS) is 1. The molecule has 0 amide bonds. The maximum absolute atomic E-state index is 11.4. The quantitative estimate of drug-likeness (QED) is 0.887. The number of thiophene rings is 1. The van der Waals surface area contributed by atoms with Gasteiger partial charge in [0.2, 0.25) is 0 Å². The largest absolute Gasteiger partial charge is 0.479 e. The molecule has 0 aromatic carbocycles. The Balaban J connectivity index is 2.35. The molecule has 7 heteroatoms. The number of aliphatic carboxylic acids is 1. The van der Waals surface area contributed by atoms with Crippen LogP contribution in [0, 0.1) is 0 Å². The first-order valence-corrected chi connectivity index (χ1v) is 6.49. The third-order valence-electron chi connectivity index (χ3n) is 3.06. The lowest BCUT2D eigenvalue weighted by Gasteiger charge is -2.23. The zero-order chi connectivity index (χ0) is 13.2. The molecule has 18 heavy (non-hydrogen) atoms. The molecule has 2 heterocycles. The van der Waals surface area contributed by atoms with E-state index < -0.39 is 11.5 Å². The molecule has 1 atom stereocenters. The molecule has 1 N–H and O–H groups in total. The minimum Gasteiger partial charge on any atom is -0.479 e. The van der Waals surface area contributed by atoms with Crippen molar-refractivity contribution in [2.24, 2.45) is 0 Å². The topological polar surface area (TPSA) is 80.9 Å². The van der Waals surface area contributed by atoms with Gasteiger partial charge in [-0.3, -0.25) is 0 Å². The molecule has 0 saturated carbocycles. The maximum Gasteiger partial charge on any atom is 0.331 e. The molecule has 0 fully saturated rings. The van der Waals surface area contributed by atoms with E-state index in [1.54, 1.807) is 18.3 Å². The van der Waals surface area contributed by atoms with Crippen molar-refractivity contribution in [3.8, 4) is 0 Å². The maximum atomic E-state index is 11.4. The first-order valence-electron chi connectivity index (χ1n) is 5.61. The monoisotopic (exact) mass is 266 g/mol. The highest BCUT2D eigenvalue weighted by molar-refractivity contribution is 7.09. The summed E-state index contributed by atoms with van der Waals surface area (Å²) in [6.45, 7) is 3.44. The summed E-state index contributed by atoms with van der Waals surface area (Å²) in [7, 11) is 0. The minimum absolute atomic E-state index is 0.421. The minimum atomic E-state index is -1.10. The Labute approximate surface area is 108 Å². The number of hydrogen-bond acceptors (Lipinski definition) is 5. The second-order valence-electron chi connectivity index (χ2n) is 4.20. The second-order valence-corrected chi connectivity index (χ2v) is 5.23. The van der Waals surface area contributed by atoms with E-state index in [4.69, 9.17) is 0 Å². The van der Waals surface area contributed by atoms with Crippen LogP contribution in [0.1, 0.15) is 31.0 Å². The van der Waals surface area contributed by atoms with E-state index in [0.29, 0.717) is 18.7 Å². The van der Waals surface area contributed by atoms with Crippen molar-refractivity contribution in [3.05, 3.63) is 28.2 Å². The van der Waals surface area contributed by atoms with E-state index in [9.17, 15) is 9.90 Å². The van der Waals surface area contributed by atoms with Gasteiger partial charge >= 0.3 is 5.97 Å². The van der Waals surface area contributed by atoms with Gasteiger partial charge in [-0.1, -0.05) is 13.0 Å². The van der Waals surface area contributed by atoms with Gasteiger partial charge in [0.1, 0.15) is 0 Å². The molecule has 6 nitrogen and oxygen atoms in total. The summed E-state index contributed by atoms with van der Waals surface area (Å²) in [5.74, 6) is -0.353. The van der Waals surface area contributed by atoms with E-state index >= 15 is 0 Å². The number of carbonyl (C=O) groups is 1. The van der Waals surface area contributed by atoms with E-state index in [1.807, 2.05) is 24.4 Å². The Morgan fingerprint density at radius 3 is 2.94 bits per heavy atom. The fourth-order valence-electron chi connectivity index (χ4n) is 1.66. The molecule has 0 radical (unpaired) electrons. The van der Waals surface area contributed by atoms with Crippen molar-refractivity contribution in [2.75, 3.05) is 0 Å². The zero-order valence-corrected chi connectivity index (χ0v) is 11.0. The van der Waals surface area contributed by atoms with Crippen LogP contribution in [0.5, 0.6) is 0 Å². The Morgan fingerprint density at radius 1 is 1.61 bits per heavy atom. The van der Waals surface area contributed by atoms with Crippen LogP contribution >= 0.6 is 11.3 Å². The highest BCUT2D eigenvalue weighted by atomic mass is 32.1. The summed E-state index contributed by atoms with van der Waals surface area (Å²) in [4.78, 5) is 12.5. The molecule has 96 valence electrons. The van der Waals surface area contributed by atoms with Gasteiger partial charge < -0.3 is 5.11 Å². The molecule has 0 aliphatic carbocycles. The van der Waals surface area contributed by atoms with Crippen molar-refractivity contribution in [2.45, 2.75) is 32.2 Å². The molecule has 2 aromatic rings. The molecule has 0 aliphatic rings. The highest BCUT2D eigenvalue weighted by Crippen LogP contribution is 2.22. The Morgan fingerprint density at radius 2 is 2.39 bits per heavy atom. The standard InChI is InChI=1S/C11H14N4O2S/c1-3-11(2,10(16)17)15-9(12-13-14-15)7-8-5-4-6-18-8/h4-6H,3,7H2,1-2H3,(H,16,17). The van der Waals surface area contributed by atoms with Crippen molar-refractivity contribution >= 4 is 17.3 Å². The molecular formula is C11H14N4O2S. The van der Waals surface area contributed by atoms with Crippen LogP contribution in [0.2, 0.25) is 0 Å². The van der Waals surface area contributed by atoms with E-state index in [0.717, 1.165) is 4.88 Å². The lowest BCUT2D eigenvalue weighted by atomic mass is 9.99. The fourth-order valence-corrected chi connectivity index (χ4v) is 2.36. The number of tetrazole rings is 1. The molecule has 2 aromatic heterocycles. The third-order valence-corrected chi connectivity index (χ3v) is 3.94. The summed E-state index contributed by atoms with van der Waals surface area (Å²) < 4.78 is 1.41. The molecule has 0 saturated heterocycles. The van der Waals surface area contributed by atoms with Crippen LogP contribution in [0.15, 0.2) is 17.5 Å². The van der Waals surface area contributed by atoms with Gasteiger partial charge in [-0.25, -0.2) is 9.48 Å². The first-order chi connectivity index (χ1) is 8.58. The predicted molar refractivity (Wildman–Crippen MR) is 66.5 cm³/mol. The average molecular weight is 266 g/mol. The summed E-state index contributed by atoms with van der Waals surface area (Å²) in [5, 5.41) is 22.7. The third kappa shape index (κ3) is 2.13. The molecule has 0 bridgehead atoms. The SMILES string of the molecule is CCC(C)(C(=O)O)n1nnnc1Cc1cccs1. The normalized spacial score (nSPS) is 14.3. The van der Waals surface area contributed by atoms with Crippen LogP contribution < -0.4 is 0 Å². The Kier molecular flexibility index (Phi) is 3.42. The number of nitrogens with zero attached hydrogens (tertiary/aromatic N) is 4. The van der Waals surface area contributed by atoms with Crippen molar-refractivity contribution in [1.29, 1.82) is 0 Å². The molecule has 2 rings (SSSR count). The molecule has 1 unspecified atom stereocenters. The van der Waals surface area contributed by atoms with Crippen molar-refractivity contribution < 1.29 is 9.90 Å². The first kappa shape index (κ1) is 12.7. The summed E-state index contributed by atoms with van der Waals surface area (Å²) >= 11 is 1.60. The van der Waals surface area contributed by atoms with Crippen LogP contribution in [0.3, 0.4) is 0 Å². The van der Waals surface area contributed by atoms with Crippen molar-refractivity contribution in [3.63, 3.8) is 0 Å². The van der Waals surface area contributed by atoms with Gasteiger partial charge in [0.15, 0.2) is 11.4 Å². The summed E-state index contributed by atoms with van der Waals surface area (Å²) in [6, 6.07) is 3.93. The van der Waals surface area contributed by atoms with Crippen LogP contribution in [-0.4, -0.2) is 31.3 Å². The van der Waals surface area contributed by atoms with Crippen LogP contribution in [0.25, 0.3) is 0 Å². The van der Waals surface area contributed by atoms with Crippen LogP contribution in [0.4, 0.5) is 0 Å². The Bertz CT molecular complexity index is 537. The number of hydrogen-bond donors (Lipinski definition) is 1. The smallest absolute Gasteiger partial charge is 0.331 e. The number of aromatic nitrogens is 4. The lowest BCUT2D eigenvalue weighted by Crippen LogP contribution is -2.40. The number of rotatable bonds is 5. The Hall–Kier alpha value is -1.76. The summed E-state index contributed by atoms with van der Waals surface area (Å²) in [6.07, 6.45) is 0.971. The second kappa shape index (κ2) is 4.85. The zero-order valence-electron chi connectivity index (χ0n) is 10.2. The van der Waals surface area contributed by atoms with Gasteiger partial charge in [0.05, 0.1) is 0 Å². The molecular weight excluding hydrogens is 252 g/mol. The van der Waals surface area contributed by atoms with Gasteiger partial charge in [0, 0.05) is 11.3 Å². The highest BCUT2D eigenvalue weighted by Gasteiger charge is 2.36. The van der Waals surface area contributed by atoms with E-state index in [2.05, 4.69) is 15.5 Å². The van der Waals surface area contributed by atoms with E-state index in [1.165, 1.54) is 4.68 Å². The average Bonchev–Trinajstić information content (AvgIpc) is 3.00. The van der Waals surface area contributed by atoms with Crippen molar-refractivity contribution in [1.82, 2.24) is 20.2 Å². The molecule has 0 aliphatic heterocycles. The van der Waals surface area contributed by atoms with Gasteiger partial charge in [-0.2, -0.15) is 0 Å². The fraction of sp³-hybridized carbons (Fsp3) is 0.455. The number of carboxylic acids is 1. The lowest BCUT2D eigenvalue weighted by molar-refractivity contribution is -0.147. The predicted octanol–water partition coefficient (Wildman–Crippen LogP) is 1.54. The van der Waals surface area contributed by atoms with E-state index in [-0.39, 0.29) is 0 Å². The summed E-state index contributed by atoms with van der Waals surface area (Å²) in [5.41, 5.74) is -1.10.